The van der Waals surface area contributed by atoms with Crippen LogP contribution in [0.5, 0.6) is 0 Å². The molecule has 0 N–H and O–H groups in total. The molecule has 1 amide bonds. The van der Waals surface area contributed by atoms with Crippen LogP contribution in [0.15, 0.2) is 0 Å². The molecule has 0 fully saturated rings. The maximum absolute atomic E-state index is 12.4. The summed E-state index contributed by atoms with van der Waals surface area (Å²) in [5.41, 5.74) is 0. The van der Waals surface area contributed by atoms with E-state index in [2.05, 4.69) is 13.8 Å². The molecule has 124 valence electrons. The third-order valence-corrected chi connectivity index (χ3v) is 3.51. The van der Waals surface area contributed by atoms with Gasteiger partial charge in [0.1, 0.15) is 0 Å². The monoisotopic (exact) mass is 300 g/mol. The Morgan fingerprint density at radius 3 is 2.05 bits per heavy atom. The molecule has 0 aromatic heterocycles. The Bertz CT molecular complexity index is 300. The molecular formula is C16H32N2O3. The fourth-order valence-electron chi connectivity index (χ4n) is 2.20. The molecule has 1 atom stereocenters. The summed E-state index contributed by atoms with van der Waals surface area (Å²) in [6.45, 7) is 8.63. The van der Waals surface area contributed by atoms with E-state index in [1.165, 1.54) is 7.11 Å². The van der Waals surface area contributed by atoms with Gasteiger partial charge in [0, 0.05) is 19.6 Å². The van der Waals surface area contributed by atoms with Crippen molar-refractivity contribution in [3.05, 3.63) is 0 Å². The maximum Gasteiger partial charge on any atom is 0.309 e. The van der Waals surface area contributed by atoms with E-state index in [1.54, 1.807) is 0 Å². The molecule has 5 heteroatoms. The summed E-state index contributed by atoms with van der Waals surface area (Å²) in [5, 5.41) is 0. The van der Waals surface area contributed by atoms with E-state index in [0.717, 1.165) is 38.8 Å². The molecule has 0 heterocycles. The molecule has 0 spiro atoms. The van der Waals surface area contributed by atoms with Gasteiger partial charge >= 0.3 is 5.97 Å². The van der Waals surface area contributed by atoms with E-state index in [9.17, 15) is 9.59 Å². The third kappa shape index (κ3) is 8.71. The lowest BCUT2D eigenvalue weighted by Crippen LogP contribution is -2.41. The molecule has 0 saturated heterocycles. The number of methoxy groups -OCH3 is 1. The van der Waals surface area contributed by atoms with E-state index >= 15 is 0 Å². The lowest BCUT2D eigenvalue weighted by molar-refractivity contribution is -0.146. The topological polar surface area (TPSA) is 49.9 Å². The van der Waals surface area contributed by atoms with Crippen molar-refractivity contribution in [1.82, 2.24) is 9.80 Å². The molecule has 0 aromatic rings. The molecule has 21 heavy (non-hydrogen) atoms. The first-order valence-corrected chi connectivity index (χ1v) is 8.00. The Labute approximate surface area is 129 Å². The van der Waals surface area contributed by atoms with Crippen LogP contribution in [0.3, 0.4) is 0 Å². The van der Waals surface area contributed by atoms with Crippen LogP contribution in [0.25, 0.3) is 0 Å². The van der Waals surface area contributed by atoms with E-state index < -0.39 is 0 Å². The maximum atomic E-state index is 12.4. The van der Waals surface area contributed by atoms with Crippen LogP contribution in [-0.2, 0) is 14.3 Å². The third-order valence-electron chi connectivity index (χ3n) is 3.51. The average molecular weight is 300 g/mol. The van der Waals surface area contributed by atoms with Gasteiger partial charge in [-0.15, -0.1) is 0 Å². The summed E-state index contributed by atoms with van der Waals surface area (Å²) in [4.78, 5) is 27.6. The van der Waals surface area contributed by atoms with Crippen LogP contribution in [-0.4, -0.2) is 62.0 Å². The molecule has 0 bridgehead atoms. The van der Waals surface area contributed by atoms with Crippen molar-refractivity contribution in [2.45, 2.75) is 46.5 Å². The Morgan fingerprint density at radius 1 is 1.10 bits per heavy atom. The number of amides is 1. The van der Waals surface area contributed by atoms with Crippen LogP contribution in [0, 0.1) is 5.92 Å². The Kier molecular flexibility index (Phi) is 10.9. The number of rotatable bonds is 11. The van der Waals surface area contributed by atoms with Gasteiger partial charge < -0.3 is 9.64 Å². The smallest absolute Gasteiger partial charge is 0.309 e. The molecular weight excluding hydrogens is 268 g/mol. The summed E-state index contributed by atoms with van der Waals surface area (Å²) in [6, 6.07) is 0. The fourth-order valence-corrected chi connectivity index (χ4v) is 2.20. The zero-order valence-electron chi connectivity index (χ0n) is 14.4. The van der Waals surface area contributed by atoms with Gasteiger partial charge in [-0.25, -0.2) is 0 Å². The number of likely N-dealkylation sites (N-methyl/N-ethyl adjacent to an activating group) is 1. The Morgan fingerprint density at radius 2 is 1.62 bits per heavy atom. The zero-order valence-corrected chi connectivity index (χ0v) is 14.4. The van der Waals surface area contributed by atoms with Gasteiger partial charge in [0.15, 0.2) is 0 Å². The van der Waals surface area contributed by atoms with Gasteiger partial charge in [0.25, 0.3) is 0 Å². The van der Waals surface area contributed by atoms with Crippen LogP contribution >= 0.6 is 0 Å². The van der Waals surface area contributed by atoms with E-state index in [4.69, 9.17) is 4.74 Å². The highest BCUT2D eigenvalue weighted by Gasteiger charge is 2.19. The minimum Gasteiger partial charge on any atom is -0.469 e. The zero-order chi connectivity index (χ0) is 16.3. The summed E-state index contributed by atoms with van der Waals surface area (Å²) in [6.07, 6.45) is 4.26. The van der Waals surface area contributed by atoms with Gasteiger partial charge in [-0.3, -0.25) is 14.5 Å². The van der Waals surface area contributed by atoms with Crippen LogP contribution < -0.4 is 0 Å². The number of esters is 1. The summed E-state index contributed by atoms with van der Waals surface area (Å²) < 4.78 is 4.71. The standard InChI is InChI=1S/C16H32N2O3/c1-6-8-10-18(11-9-7-2)15(19)13-17(4)12-14(3)16(20)21-5/h14H,6-13H2,1-5H3. The molecule has 0 aromatic carbocycles. The van der Waals surface area contributed by atoms with Crippen molar-refractivity contribution in [2.75, 3.05) is 40.3 Å². The predicted octanol–water partition coefficient (Wildman–Crippen LogP) is 2.16. The largest absolute Gasteiger partial charge is 0.469 e. The van der Waals surface area contributed by atoms with E-state index in [0.29, 0.717) is 13.1 Å². The van der Waals surface area contributed by atoms with Gasteiger partial charge in [-0.2, -0.15) is 0 Å². The van der Waals surface area contributed by atoms with Crippen molar-refractivity contribution in [2.24, 2.45) is 5.92 Å². The number of ether oxygens (including phenoxy) is 1. The predicted molar refractivity (Wildman–Crippen MR) is 85.1 cm³/mol. The van der Waals surface area contributed by atoms with Crippen molar-refractivity contribution in [3.8, 4) is 0 Å². The average Bonchev–Trinajstić information content (AvgIpc) is 2.45. The summed E-state index contributed by atoms with van der Waals surface area (Å²) in [5.74, 6) is -0.299. The lowest BCUT2D eigenvalue weighted by atomic mass is 10.2. The van der Waals surface area contributed by atoms with Crippen LogP contribution in [0.2, 0.25) is 0 Å². The molecule has 0 aliphatic carbocycles. The molecule has 5 nitrogen and oxygen atoms in total. The summed E-state index contributed by atoms with van der Waals surface area (Å²) >= 11 is 0. The van der Waals surface area contributed by atoms with Crippen LogP contribution in [0.1, 0.15) is 46.5 Å². The second-order valence-corrected chi connectivity index (χ2v) is 5.71. The van der Waals surface area contributed by atoms with Crippen molar-refractivity contribution >= 4 is 11.9 Å². The van der Waals surface area contributed by atoms with Gasteiger partial charge in [-0.05, 0) is 19.9 Å². The molecule has 0 aliphatic rings. The minimum absolute atomic E-state index is 0.150. The van der Waals surface area contributed by atoms with Crippen molar-refractivity contribution < 1.29 is 14.3 Å². The number of hydrogen-bond acceptors (Lipinski definition) is 4. The number of unbranched alkanes of at least 4 members (excludes halogenated alkanes) is 2. The van der Waals surface area contributed by atoms with Crippen molar-refractivity contribution in [1.29, 1.82) is 0 Å². The highest BCUT2D eigenvalue weighted by atomic mass is 16.5. The van der Waals surface area contributed by atoms with Crippen molar-refractivity contribution in [3.63, 3.8) is 0 Å². The van der Waals surface area contributed by atoms with Crippen LogP contribution in [0.4, 0.5) is 0 Å². The molecule has 0 saturated carbocycles. The summed E-state index contributed by atoms with van der Waals surface area (Å²) in [7, 11) is 3.26. The Hall–Kier alpha value is -1.10. The van der Waals surface area contributed by atoms with Gasteiger partial charge in [-0.1, -0.05) is 33.6 Å². The normalized spacial score (nSPS) is 12.3. The van der Waals surface area contributed by atoms with Gasteiger partial charge in [0.2, 0.25) is 5.91 Å². The lowest BCUT2D eigenvalue weighted by Gasteiger charge is -2.26. The van der Waals surface area contributed by atoms with E-state index in [1.807, 2.05) is 23.8 Å². The first-order chi connectivity index (χ1) is 9.96. The SMILES string of the molecule is CCCCN(CCCC)C(=O)CN(C)CC(C)C(=O)OC. The molecule has 0 aliphatic heterocycles. The first kappa shape index (κ1) is 19.9. The number of hydrogen-bond donors (Lipinski definition) is 0. The minimum atomic E-state index is -0.233. The molecule has 0 rings (SSSR count). The first-order valence-electron chi connectivity index (χ1n) is 8.00. The number of carbonyl (C=O) groups is 2. The fraction of sp³-hybridized carbons (Fsp3) is 0.875. The molecule has 0 radical (unpaired) electrons. The van der Waals surface area contributed by atoms with Gasteiger partial charge in [0.05, 0.1) is 19.6 Å². The highest BCUT2D eigenvalue weighted by molar-refractivity contribution is 5.78. The quantitative estimate of drug-likeness (QED) is 0.549. The molecule has 1 unspecified atom stereocenters. The second kappa shape index (κ2) is 11.5. The number of nitrogens with zero attached hydrogens (tertiary/aromatic N) is 2. The van der Waals surface area contributed by atoms with E-state index in [-0.39, 0.29) is 17.8 Å². The number of carbonyl (C=O) groups excluding carboxylic acids is 2. The highest BCUT2D eigenvalue weighted by Crippen LogP contribution is 2.04. The Balaban J connectivity index is 4.34. The second-order valence-electron chi connectivity index (χ2n) is 5.71.